The van der Waals surface area contributed by atoms with Crippen LogP contribution in [0.1, 0.15) is 13.8 Å². The highest BCUT2D eigenvalue weighted by Gasteiger charge is 2.12. The van der Waals surface area contributed by atoms with E-state index in [1.807, 2.05) is 0 Å². The summed E-state index contributed by atoms with van der Waals surface area (Å²) in [5.74, 6) is 1.17. The molecule has 0 aliphatic carbocycles. The van der Waals surface area contributed by atoms with Crippen molar-refractivity contribution in [2.75, 3.05) is 43.7 Å². The summed E-state index contributed by atoms with van der Waals surface area (Å²) in [4.78, 5) is 22.6. The lowest BCUT2D eigenvalue weighted by Crippen LogP contribution is -2.25. The monoisotopic (exact) mass is 256 g/mol. The summed E-state index contributed by atoms with van der Waals surface area (Å²) in [7, 11) is 4.90. The lowest BCUT2D eigenvalue weighted by atomic mass is 10.2. The number of aromatic nitrogens is 3. The Hall–Kier alpha value is -1.67. The summed E-state index contributed by atoms with van der Waals surface area (Å²) in [6.07, 6.45) is 0. The molecule has 1 heterocycles. The lowest BCUT2D eigenvalue weighted by Gasteiger charge is -2.20. The maximum atomic E-state index is 5.62. The van der Waals surface area contributed by atoms with Gasteiger partial charge in [-0.1, -0.05) is 13.8 Å². The minimum atomic E-state index is 0.110. The number of anilines is 3. The number of rotatable bonds is 6. The van der Waals surface area contributed by atoms with Gasteiger partial charge in [0, 0.05) is 14.1 Å². The molecule has 0 aromatic carbocycles. The first-order valence-corrected chi connectivity index (χ1v) is 5.60. The fourth-order valence-electron chi connectivity index (χ4n) is 1.05. The number of hydrogen-bond acceptors (Lipinski definition) is 8. The molecule has 2 N–H and O–H groups in total. The smallest absolute Gasteiger partial charge is 0.256 e. The van der Waals surface area contributed by atoms with Crippen LogP contribution >= 0.6 is 0 Å². The van der Waals surface area contributed by atoms with E-state index >= 15 is 0 Å². The number of nitrogens with two attached hydrogens (primary N) is 1. The molecule has 8 nitrogen and oxygen atoms in total. The molecule has 0 saturated carbocycles. The molecule has 0 atom stereocenters. The predicted molar refractivity (Wildman–Crippen MR) is 68.8 cm³/mol. The van der Waals surface area contributed by atoms with Crippen LogP contribution in [0, 0.1) is 5.92 Å². The van der Waals surface area contributed by atoms with E-state index in [-0.39, 0.29) is 5.95 Å². The molecule has 8 heteroatoms. The molecule has 102 valence electrons. The molecular weight excluding hydrogens is 236 g/mol. The largest absolute Gasteiger partial charge is 0.368 e. The van der Waals surface area contributed by atoms with Gasteiger partial charge >= 0.3 is 0 Å². The molecule has 1 aromatic heterocycles. The van der Waals surface area contributed by atoms with E-state index in [1.54, 1.807) is 14.1 Å². The second-order valence-electron chi connectivity index (χ2n) is 4.16. The molecule has 18 heavy (non-hydrogen) atoms. The second kappa shape index (κ2) is 6.31. The van der Waals surface area contributed by atoms with Crippen molar-refractivity contribution < 1.29 is 9.68 Å². The van der Waals surface area contributed by atoms with Crippen LogP contribution in [0.2, 0.25) is 0 Å². The fourth-order valence-corrected chi connectivity index (χ4v) is 1.05. The van der Waals surface area contributed by atoms with Crippen molar-refractivity contribution in [3.05, 3.63) is 0 Å². The fraction of sp³-hybridized carbons (Fsp3) is 0.700. The molecule has 0 bridgehead atoms. The van der Waals surface area contributed by atoms with Crippen LogP contribution in [0.3, 0.4) is 0 Å². The Kier molecular flexibility index (Phi) is 5.05. The standard InChI is InChI=1S/C10H20N6O2/c1-7(2)6-18-16(4)10-13-8(11)12-9(14-10)15(3)17-5/h7H,6H2,1-5H3,(H2,11,12,13,14). The average molecular weight is 256 g/mol. The van der Waals surface area contributed by atoms with E-state index in [1.165, 1.54) is 17.2 Å². The predicted octanol–water partition coefficient (Wildman–Crippen LogP) is 0.475. The summed E-state index contributed by atoms with van der Waals surface area (Å²) < 4.78 is 0. The first kappa shape index (κ1) is 14.4. The van der Waals surface area contributed by atoms with Crippen molar-refractivity contribution >= 4 is 17.8 Å². The Morgan fingerprint density at radius 2 is 1.67 bits per heavy atom. The van der Waals surface area contributed by atoms with Crippen molar-refractivity contribution in [3.8, 4) is 0 Å². The van der Waals surface area contributed by atoms with Gasteiger partial charge in [-0.3, -0.25) is 9.68 Å². The van der Waals surface area contributed by atoms with E-state index < -0.39 is 0 Å². The molecule has 0 spiro atoms. The first-order valence-electron chi connectivity index (χ1n) is 5.60. The first-order chi connectivity index (χ1) is 8.43. The third kappa shape index (κ3) is 3.97. The van der Waals surface area contributed by atoms with Gasteiger partial charge in [-0.05, 0) is 5.92 Å². The number of nitrogens with zero attached hydrogens (tertiary/aromatic N) is 5. The van der Waals surface area contributed by atoms with Crippen LogP contribution in [0.15, 0.2) is 0 Å². The third-order valence-corrected chi connectivity index (χ3v) is 2.07. The van der Waals surface area contributed by atoms with E-state index in [2.05, 4.69) is 28.8 Å². The van der Waals surface area contributed by atoms with Gasteiger partial charge in [-0.25, -0.2) is 10.1 Å². The Bertz CT molecular complexity index is 387. The summed E-state index contributed by atoms with van der Waals surface area (Å²) in [6, 6.07) is 0. The maximum Gasteiger partial charge on any atom is 0.256 e. The van der Waals surface area contributed by atoms with Crippen LogP contribution in [0.4, 0.5) is 17.8 Å². The molecule has 0 unspecified atom stereocenters. The second-order valence-corrected chi connectivity index (χ2v) is 4.16. The molecule has 0 radical (unpaired) electrons. The van der Waals surface area contributed by atoms with Gasteiger partial charge in [0.05, 0.1) is 13.7 Å². The van der Waals surface area contributed by atoms with Crippen molar-refractivity contribution in [2.24, 2.45) is 5.92 Å². The maximum absolute atomic E-state index is 5.62. The van der Waals surface area contributed by atoms with Crippen molar-refractivity contribution in [3.63, 3.8) is 0 Å². The van der Waals surface area contributed by atoms with Gasteiger partial charge in [-0.2, -0.15) is 15.0 Å². The summed E-state index contributed by atoms with van der Waals surface area (Å²) >= 11 is 0. The normalized spacial score (nSPS) is 10.8. The average Bonchev–Trinajstić information content (AvgIpc) is 2.34. The van der Waals surface area contributed by atoms with Crippen molar-refractivity contribution in [2.45, 2.75) is 13.8 Å². The zero-order valence-electron chi connectivity index (χ0n) is 11.4. The van der Waals surface area contributed by atoms with Crippen molar-refractivity contribution in [1.29, 1.82) is 0 Å². The Labute approximate surface area is 107 Å². The van der Waals surface area contributed by atoms with E-state index in [9.17, 15) is 0 Å². The van der Waals surface area contributed by atoms with E-state index in [0.717, 1.165) is 0 Å². The van der Waals surface area contributed by atoms with Gasteiger partial charge in [-0.15, -0.1) is 0 Å². The Morgan fingerprint density at radius 3 is 2.17 bits per heavy atom. The molecule has 0 aliphatic rings. The Morgan fingerprint density at radius 1 is 1.11 bits per heavy atom. The molecular formula is C10H20N6O2. The highest BCUT2D eigenvalue weighted by atomic mass is 16.7. The zero-order valence-corrected chi connectivity index (χ0v) is 11.4. The SMILES string of the molecule is CON(C)c1nc(N)nc(N(C)OCC(C)C)n1. The minimum Gasteiger partial charge on any atom is -0.368 e. The quantitative estimate of drug-likeness (QED) is 0.735. The van der Waals surface area contributed by atoms with Crippen molar-refractivity contribution in [1.82, 2.24) is 15.0 Å². The molecule has 0 fully saturated rings. The highest BCUT2D eigenvalue weighted by Crippen LogP contribution is 2.13. The summed E-state index contributed by atoms with van der Waals surface area (Å²) in [6.45, 7) is 4.68. The van der Waals surface area contributed by atoms with Gasteiger partial charge in [0.2, 0.25) is 5.95 Å². The minimum absolute atomic E-state index is 0.110. The molecule has 1 rings (SSSR count). The molecule has 1 aromatic rings. The lowest BCUT2D eigenvalue weighted by molar-refractivity contribution is 0.0947. The molecule has 0 aliphatic heterocycles. The molecule has 0 saturated heterocycles. The van der Waals surface area contributed by atoms with E-state index in [0.29, 0.717) is 24.4 Å². The van der Waals surface area contributed by atoms with Crippen LogP contribution in [-0.4, -0.2) is 42.8 Å². The van der Waals surface area contributed by atoms with Crippen LogP contribution in [-0.2, 0) is 9.68 Å². The van der Waals surface area contributed by atoms with Gasteiger partial charge in [0.15, 0.2) is 0 Å². The summed E-state index contributed by atoms with van der Waals surface area (Å²) in [5.41, 5.74) is 5.62. The van der Waals surface area contributed by atoms with Gasteiger partial charge in [0.1, 0.15) is 0 Å². The van der Waals surface area contributed by atoms with Gasteiger partial charge in [0.25, 0.3) is 11.9 Å². The topological polar surface area (TPSA) is 89.6 Å². The Balaban J connectivity index is 2.84. The number of hydroxylamine groups is 2. The summed E-state index contributed by atoms with van der Waals surface area (Å²) in [5, 5.41) is 2.85. The molecule has 0 amide bonds. The third-order valence-electron chi connectivity index (χ3n) is 2.07. The number of nitrogen functional groups attached to an aromatic ring is 1. The van der Waals surface area contributed by atoms with Gasteiger partial charge < -0.3 is 5.73 Å². The zero-order chi connectivity index (χ0) is 13.7. The van der Waals surface area contributed by atoms with E-state index in [4.69, 9.17) is 15.4 Å². The van der Waals surface area contributed by atoms with Crippen LogP contribution in [0.5, 0.6) is 0 Å². The van der Waals surface area contributed by atoms with Crippen LogP contribution in [0.25, 0.3) is 0 Å². The number of hydrogen-bond donors (Lipinski definition) is 1. The van der Waals surface area contributed by atoms with Crippen LogP contribution < -0.4 is 15.9 Å². The highest BCUT2D eigenvalue weighted by molar-refractivity contribution is 5.39.